The van der Waals surface area contributed by atoms with Crippen LogP contribution in [0.5, 0.6) is 0 Å². The van der Waals surface area contributed by atoms with Gasteiger partial charge in [0.05, 0.1) is 11.6 Å². The van der Waals surface area contributed by atoms with Gasteiger partial charge in [0.15, 0.2) is 0 Å². The van der Waals surface area contributed by atoms with Crippen molar-refractivity contribution in [2.45, 2.75) is 24.7 Å². The minimum Gasteiger partial charge on any atom is -0.439 e. The molecule has 1 saturated heterocycles. The van der Waals surface area contributed by atoms with Crippen LogP contribution in [0.3, 0.4) is 0 Å². The van der Waals surface area contributed by atoms with Crippen LogP contribution in [0.4, 0.5) is 18.0 Å². The number of amides is 1. The van der Waals surface area contributed by atoms with Crippen LogP contribution in [0.2, 0.25) is 0 Å². The summed E-state index contributed by atoms with van der Waals surface area (Å²) in [6.07, 6.45) is -4.93. The molecule has 1 aliphatic heterocycles. The summed E-state index contributed by atoms with van der Waals surface area (Å²) in [4.78, 5) is 11.5. The Morgan fingerprint density at radius 2 is 1.65 bits per heavy atom. The molecule has 0 spiro atoms. The Kier molecular flexibility index (Phi) is 3.98. The average molecular weight is 321 g/mol. The Hall–Kier alpha value is -2.50. The van der Waals surface area contributed by atoms with Crippen molar-refractivity contribution in [3.05, 3.63) is 71.3 Å². The van der Waals surface area contributed by atoms with E-state index in [-0.39, 0.29) is 6.04 Å². The third kappa shape index (κ3) is 3.47. The van der Waals surface area contributed by atoms with Crippen molar-refractivity contribution in [1.29, 1.82) is 0 Å². The van der Waals surface area contributed by atoms with E-state index >= 15 is 0 Å². The third-order valence-electron chi connectivity index (χ3n) is 3.77. The fourth-order valence-corrected chi connectivity index (χ4v) is 2.64. The fourth-order valence-electron chi connectivity index (χ4n) is 2.64. The first kappa shape index (κ1) is 15.4. The molecule has 2 atom stereocenters. The molecule has 0 aliphatic carbocycles. The maximum atomic E-state index is 12.6. The lowest BCUT2D eigenvalue weighted by molar-refractivity contribution is -0.137. The molecule has 1 fully saturated rings. The van der Waals surface area contributed by atoms with Crippen molar-refractivity contribution >= 4 is 6.09 Å². The van der Waals surface area contributed by atoms with Crippen LogP contribution in [0, 0.1) is 0 Å². The molecule has 0 aromatic heterocycles. The third-order valence-corrected chi connectivity index (χ3v) is 3.77. The molecule has 23 heavy (non-hydrogen) atoms. The molecular formula is C17H14F3NO2. The monoisotopic (exact) mass is 321 g/mol. The average Bonchev–Trinajstić information content (AvgIpc) is 2.88. The van der Waals surface area contributed by atoms with E-state index in [2.05, 4.69) is 5.32 Å². The van der Waals surface area contributed by atoms with E-state index in [1.807, 2.05) is 30.3 Å². The maximum absolute atomic E-state index is 12.6. The minimum absolute atomic E-state index is 0.318. The number of benzene rings is 2. The molecule has 3 rings (SSSR count). The molecule has 1 aliphatic rings. The zero-order valence-corrected chi connectivity index (χ0v) is 12.0. The first-order valence-electron chi connectivity index (χ1n) is 7.12. The Bertz CT molecular complexity index is 683. The number of nitrogens with one attached hydrogen (secondary N) is 1. The predicted molar refractivity (Wildman–Crippen MR) is 77.7 cm³/mol. The van der Waals surface area contributed by atoms with E-state index < -0.39 is 23.9 Å². The molecule has 6 heteroatoms. The van der Waals surface area contributed by atoms with E-state index in [0.717, 1.165) is 17.7 Å². The largest absolute Gasteiger partial charge is 0.439 e. The lowest BCUT2D eigenvalue weighted by Crippen LogP contribution is -2.30. The normalized spacial score (nSPS) is 20.9. The number of ether oxygens (including phenoxy) is 1. The highest BCUT2D eigenvalue weighted by atomic mass is 19.4. The van der Waals surface area contributed by atoms with Gasteiger partial charge in [-0.25, -0.2) is 4.79 Å². The highest BCUT2D eigenvalue weighted by Crippen LogP contribution is 2.31. The number of rotatable bonds is 3. The summed E-state index contributed by atoms with van der Waals surface area (Å²) in [5, 5.41) is 2.71. The Balaban J connectivity index is 1.77. The number of alkyl carbamates (subject to hydrolysis) is 1. The van der Waals surface area contributed by atoms with Crippen LogP contribution in [-0.4, -0.2) is 12.1 Å². The predicted octanol–water partition coefficient (Wildman–Crippen LogP) is 4.10. The van der Waals surface area contributed by atoms with Crippen molar-refractivity contribution < 1.29 is 22.7 Å². The number of halogens is 3. The Morgan fingerprint density at radius 3 is 2.26 bits per heavy atom. The van der Waals surface area contributed by atoms with Gasteiger partial charge in [-0.05, 0) is 29.7 Å². The molecule has 2 aromatic carbocycles. The first-order valence-corrected chi connectivity index (χ1v) is 7.12. The van der Waals surface area contributed by atoms with Crippen molar-refractivity contribution in [2.24, 2.45) is 0 Å². The summed E-state index contributed by atoms with van der Waals surface area (Å²) in [7, 11) is 0. The Labute approximate surface area is 131 Å². The van der Waals surface area contributed by atoms with Crippen LogP contribution < -0.4 is 5.32 Å². The summed E-state index contributed by atoms with van der Waals surface area (Å²) >= 11 is 0. The van der Waals surface area contributed by atoms with Crippen molar-refractivity contribution in [1.82, 2.24) is 5.32 Å². The topological polar surface area (TPSA) is 38.3 Å². The lowest BCUT2D eigenvalue weighted by atomic mass is 9.96. The summed E-state index contributed by atoms with van der Waals surface area (Å²) in [6.45, 7) is 0. The number of hydrogen-bond acceptors (Lipinski definition) is 2. The van der Waals surface area contributed by atoms with Gasteiger partial charge < -0.3 is 10.1 Å². The van der Waals surface area contributed by atoms with E-state index in [9.17, 15) is 18.0 Å². The van der Waals surface area contributed by atoms with Crippen molar-refractivity contribution in [3.8, 4) is 0 Å². The van der Waals surface area contributed by atoms with Crippen molar-refractivity contribution in [2.75, 3.05) is 0 Å². The molecule has 1 amide bonds. The zero-order valence-electron chi connectivity index (χ0n) is 12.0. The molecule has 120 valence electrons. The second-order valence-corrected chi connectivity index (χ2v) is 5.39. The van der Waals surface area contributed by atoms with E-state index in [1.54, 1.807) is 0 Å². The van der Waals surface area contributed by atoms with Gasteiger partial charge in [0.25, 0.3) is 0 Å². The van der Waals surface area contributed by atoms with Crippen LogP contribution in [0.1, 0.15) is 22.8 Å². The van der Waals surface area contributed by atoms with Crippen LogP contribution in [0.15, 0.2) is 54.6 Å². The standard InChI is InChI=1S/C17H14F3NO2/c18-17(19,20)13-8-6-11(7-9-13)10-14-15(23-16(22)21-14)12-4-2-1-3-5-12/h1-9,14-15H,10H2,(H,21,22). The molecule has 0 radical (unpaired) electrons. The number of carbonyl (C=O) groups excluding carboxylic acids is 1. The fraction of sp³-hybridized carbons (Fsp3) is 0.235. The van der Waals surface area contributed by atoms with Gasteiger partial charge in [-0.2, -0.15) is 13.2 Å². The van der Waals surface area contributed by atoms with Crippen LogP contribution in [-0.2, 0) is 17.3 Å². The maximum Gasteiger partial charge on any atom is 0.416 e. The molecule has 3 nitrogen and oxygen atoms in total. The molecule has 0 saturated carbocycles. The van der Waals surface area contributed by atoms with Crippen LogP contribution in [0.25, 0.3) is 0 Å². The van der Waals surface area contributed by atoms with E-state index in [4.69, 9.17) is 4.74 Å². The first-order chi connectivity index (χ1) is 10.9. The minimum atomic E-state index is -4.35. The van der Waals surface area contributed by atoms with Gasteiger partial charge in [-0.15, -0.1) is 0 Å². The summed E-state index contributed by atoms with van der Waals surface area (Å²) in [6, 6.07) is 13.9. The van der Waals surface area contributed by atoms with Crippen molar-refractivity contribution in [3.63, 3.8) is 0 Å². The van der Waals surface area contributed by atoms with E-state index in [0.29, 0.717) is 12.0 Å². The quantitative estimate of drug-likeness (QED) is 0.924. The molecule has 2 aromatic rings. The summed E-state index contributed by atoms with van der Waals surface area (Å²) in [5.74, 6) is 0. The summed E-state index contributed by atoms with van der Waals surface area (Å²) < 4.78 is 43.0. The molecular weight excluding hydrogens is 307 g/mol. The van der Waals surface area contributed by atoms with Gasteiger partial charge in [0.2, 0.25) is 0 Å². The van der Waals surface area contributed by atoms with Gasteiger partial charge in [-0.3, -0.25) is 0 Å². The number of carbonyl (C=O) groups is 1. The highest BCUT2D eigenvalue weighted by molar-refractivity contribution is 5.70. The smallest absolute Gasteiger partial charge is 0.416 e. The number of alkyl halides is 3. The second-order valence-electron chi connectivity index (χ2n) is 5.39. The summed E-state index contributed by atoms with van der Waals surface area (Å²) in [5.41, 5.74) is 0.866. The second kappa shape index (κ2) is 5.95. The molecule has 1 heterocycles. The lowest BCUT2D eigenvalue weighted by Gasteiger charge is -2.17. The molecule has 0 bridgehead atoms. The number of cyclic esters (lactones) is 1. The van der Waals surface area contributed by atoms with Gasteiger partial charge in [-0.1, -0.05) is 42.5 Å². The van der Waals surface area contributed by atoms with Gasteiger partial charge >= 0.3 is 12.3 Å². The Morgan fingerprint density at radius 1 is 1.00 bits per heavy atom. The highest BCUT2D eigenvalue weighted by Gasteiger charge is 2.35. The van der Waals surface area contributed by atoms with Gasteiger partial charge in [0.1, 0.15) is 6.10 Å². The SMILES string of the molecule is O=C1NC(Cc2ccc(C(F)(F)F)cc2)C(c2ccccc2)O1. The van der Waals surface area contributed by atoms with Gasteiger partial charge in [0, 0.05) is 0 Å². The number of hydrogen-bond donors (Lipinski definition) is 1. The molecule has 1 N–H and O–H groups in total. The van der Waals surface area contributed by atoms with E-state index in [1.165, 1.54) is 12.1 Å². The van der Waals surface area contributed by atoms with Crippen LogP contribution >= 0.6 is 0 Å². The zero-order chi connectivity index (χ0) is 16.4. The molecule has 2 unspecified atom stereocenters.